The summed E-state index contributed by atoms with van der Waals surface area (Å²) in [6, 6.07) is 10.9. The van der Waals surface area contributed by atoms with Gasteiger partial charge in [-0.3, -0.25) is 0 Å². The summed E-state index contributed by atoms with van der Waals surface area (Å²) >= 11 is 0. The fourth-order valence-electron chi connectivity index (χ4n) is 3.22. The molecule has 0 bridgehead atoms. The van der Waals surface area contributed by atoms with Gasteiger partial charge in [0.05, 0.1) is 30.5 Å². The molecule has 0 spiro atoms. The van der Waals surface area contributed by atoms with Gasteiger partial charge in [-0.2, -0.15) is 4.31 Å². The van der Waals surface area contributed by atoms with E-state index in [0.717, 1.165) is 19.3 Å². The van der Waals surface area contributed by atoms with Crippen molar-refractivity contribution < 1.29 is 22.7 Å². The number of para-hydroxylation sites is 2. The van der Waals surface area contributed by atoms with Crippen LogP contribution in [-0.2, 0) is 10.0 Å². The van der Waals surface area contributed by atoms with Crippen molar-refractivity contribution in [3.8, 4) is 11.5 Å². The van der Waals surface area contributed by atoms with Crippen molar-refractivity contribution in [1.29, 1.82) is 0 Å². The van der Waals surface area contributed by atoms with Crippen LogP contribution in [0.2, 0.25) is 0 Å². The van der Waals surface area contributed by atoms with Crippen LogP contribution < -0.4 is 20.1 Å². The molecule has 29 heavy (non-hydrogen) atoms. The minimum atomic E-state index is -3.63. The Morgan fingerprint density at radius 3 is 2.21 bits per heavy atom. The lowest BCUT2D eigenvalue weighted by atomic mass is 10.2. The molecule has 0 atom stereocenters. The largest absolute Gasteiger partial charge is 0.495 e. The van der Waals surface area contributed by atoms with Crippen molar-refractivity contribution in [3.05, 3.63) is 42.5 Å². The number of sulfonamides is 1. The molecular formula is C20H25N3O5S. The molecule has 0 unspecified atom stereocenters. The summed E-state index contributed by atoms with van der Waals surface area (Å²) in [5.41, 5.74) is 0.751. The molecule has 8 nitrogen and oxygen atoms in total. The van der Waals surface area contributed by atoms with Gasteiger partial charge in [-0.05, 0) is 43.2 Å². The van der Waals surface area contributed by atoms with Crippen LogP contribution in [0.1, 0.15) is 19.3 Å². The summed E-state index contributed by atoms with van der Waals surface area (Å²) in [5.74, 6) is 0.869. The van der Waals surface area contributed by atoms with Gasteiger partial charge in [0.15, 0.2) is 0 Å². The van der Waals surface area contributed by atoms with E-state index in [9.17, 15) is 13.2 Å². The smallest absolute Gasteiger partial charge is 0.323 e. The summed E-state index contributed by atoms with van der Waals surface area (Å²) in [6.45, 7) is 1.01. The number of carbonyl (C=O) groups excluding carboxylic acids is 1. The molecule has 1 aliphatic heterocycles. The number of hydrogen-bond donors (Lipinski definition) is 2. The number of rotatable bonds is 6. The van der Waals surface area contributed by atoms with E-state index in [4.69, 9.17) is 9.47 Å². The Morgan fingerprint density at radius 1 is 0.897 bits per heavy atom. The normalized spacial score (nSPS) is 14.8. The maximum Gasteiger partial charge on any atom is 0.323 e. The Labute approximate surface area is 170 Å². The molecule has 2 aromatic rings. The predicted octanol–water partition coefficient (Wildman–Crippen LogP) is 3.52. The second-order valence-corrected chi connectivity index (χ2v) is 8.54. The lowest BCUT2D eigenvalue weighted by molar-refractivity contribution is 0.262. The van der Waals surface area contributed by atoms with Gasteiger partial charge in [0, 0.05) is 13.1 Å². The summed E-state index contributed by atoms with van der Waals surface area (Å²) in [4.78, 5) is 12.6. The van der Waals surface area contributed by atoms with Gasteiger partial charge < -0.3 is 20.1 Å². The second kappa shape index (κ2) is 9.15. The zero-order valence-corrected chi connectivity index (χ0v) is 17.3. The van der Waals surface area contributed by atoms with E-state index in [1.165, 1.54) is 36.7 Å². The Morgan fingerprint density at radius 2 is 1.52 bits per heavy atom. The van der Waals surface area contributed by atoms with Gasteiger partial charge in [0.1, 0.15) is 11.5 Å². The number of amides is 2. The number of nitrogens with zero attached hydrogens (tertiary/aromatic N) is 1. The highest BCUT2D eigenvalue weighted by Crippen LogP contribution is 2.30. The molecule has 3 rings (SSSR count). The molecule has 2 aromatic carbocycles. The van der Waals surface area contributed by atoms with Crippen LogP contribution in [0.3, 0.4) is 0 Å². The van der Waals surface area contributed by atoms with Gasteiger partial charge in [0.2, 0.25) is 10.0 Å². The highest BCUT2D eigenvalue weighted by molar-refractivity contribution is 7.89. The van der Waals surface area contributed by atoms with Crippen molar-refractivity contribution in [3.63, 3.8) is 0 Å². The van der Waals surface area contributed by atoms with Crippen molar-refractivity contribution in [2.75, 3.05) is 37.9 Å². The number of hydrogen-bond acceptors (Lipinski definition) is 5. The summed E-state index contributed by atoms with van der Waals surface area (Å²) in [5, 5.41) is 5.36. The Hall–Kier alpha value is -2.78. The fourth-order valence-corrected chi connectivity index (χ4v) is 4.77. The topological polar surface area (TPSA) is 97.0 Å². The minimum absolute atomic E-state index is 0.118. The summed E-state index contributed by atoms with van der Waals surface area (Å²) < 4.78 is 37.9. The average molecular weight is 420 g/mol. The number of ether oxygens (including phenoxy) is 2. The lowest BCUT2D eigenvalue weighted by Gasteiger charge is -2.26. The molecule has 9 heteroatoms. The van der Waals surface area contributed by atoms with Crippen LogP contribution in [0.25, 0.3) is 0 Å². The predicted molar refractivity (Wildman–Crippen MR) is 111 cm³/mol. The van der Waals surface area contributed by atoms with Gasteiger partial charge in [-0.15, -0.1) is 0 Å². The maximum absolute atomic E-state index is 12.9. The highest BCUT2D eigenvalue weighted by atomic mass is 32.2. The third kappa shape index (κ3) is 4.80. The number of benzene rings is 2. The third-order valence-electron chi connectivity index (χ3n) is 4.73. The Kier molecular flexibility index (Phi) is 6.60. The molecule has 1 fully saturated rings. The number of anilines is 2. The van der Waals surface area contributed by atoms with E-state index in [-0.39, 0.29) is 10.6 Å². The maximum atomic E-state index is 12.9. The zero-order valence-electron chi connectivity index (χ0n) is 16.5. The van der Waals surface area contributed by atoms with E-state index in [1.54, 1.807) is 24.3 Å². The van der Waals surface area contributed by atoms with Crippen LogP contribution in [0.15, 0.2) is 47.4 Å². The molecular weight excluding hydrogens is 394 g/mol. The Balaban J connectivity index is 1.82. The fraction of sp³-hybridized carbons (Fsp3) is 0.350. The van der Waals surface area contributed by atoms with Crippen LogP contribution >= 0.6 is 0 Å². The van der Waals surface area contributed by atoms with Gasteiger partial charge in [-0.1, -0.05) is 18.6 Å². The number of carbonyl (C=O) groups is 1. The van der Waals surface area contributed by atoms with E-state index < -0.39 is 16.1 Å². The van der Waals surface area contributed by atoms with Crippen molar-refractivity contribution in [2.24, 2.45) is 0 Å². The molecule has 1 heterocycles. The Bertz CT molecular complexity index is 972. The van der Waals surface area contributed by atoms with Crippen molar-refractivity contribution >= 4 is 27.4 Å². The van der Waals surface area contributed by atoms with Gasteiger partial charge in [-0.25, -0.2) is 13.2 Å². The number of urea groups is 1. The van der Waals surface area contributed by atoms with Crippen LogP contribution in [0, 0.1) is 0 Å². The first-order valence-electron chi connectivity index (χ1n) is 9.35. The first kappa shape index (κ1) is 20.9. The van der Waals surface area contributed by atoms with Crippen LogP contribution in [0.4, 0.5) is 16.2 Å². The number of nitrogens with one attached hydrogen (secondary N) is 2. The summed E-state index contributed by atoms with van der Waals surface area (Å²) in [6.07, 6.45) is 2.73. The van der Waals surface area contributed by atoms with Crippen molar-refractivity contribution in [2.45, 2.75) is 24.2 Å². The van der Waals surface area contributed by atoms with Crippen LogP contribution in [-0.4, -0.2) is 46.1 Å². The standard InChI is InChI=1S/C20H25N3O5S/c1-27-18-9-5-4-8-16(18)21-20(24)22-17-14-15(10-11-19(17)28-2)29(25,26)23-12-6-3-7-13-23/h4-5,8-11,14H,3,6-7,12-13H2,1-2H3,(H2,21,22,24). The average Bonchev–Trinajstić information content (AvgIpc) is 2.74. The highest BCUT2D eigenvalue weighted by Gasteiger charge is 2.27. The zero-order chi connectivity index (χ0) is 20.9. The molecule has 2 amide bonds. The first-order valence-corrected chi connectivity index (χ1v) is 10.8. The van der Waals surface area contributed by atoms with E-state index in [0.29, 0.717) is 30.3 Å². The van der Waals surface area contributed by atoms with Gasteiger partial charge >= 0.3 is 6.03 Å². The molecule has 0 saturated carbocycles. The number of piperidine rings is 1. The molecule has 2 N–H and O–H groups in total. The van der Waals surface area contributed by atoms with Crippen molar-refractivity contribution in [1.82, 2.24) is 4.31 Å². The molecule has 1 saturated heterocycles. The first-order chi connectivity index (χ1) is 14.0. The van der Waals surface area contributed by atoms with E-state index in [2.05, 4.69) is 10.6 Å². The second-order valence-electron chi connectivity index (χ2n) is 6.61. The molecule has 0 radical (unpaired) electrons. The SMILES string of the molecule is COc1ccccc1NC(=O)Nc1cc(S(=O)(=O)N2CCCCC2)ccc1OC. The monoisotopic (exact) mass is 419 g/mol. The third-order valence-corrected chi connectivity index (χ3v) is 6.62. The van der Waals surface area contributed by atoms with E-state index >= 15 is 0 Å². The van der Waals surface area contributed by atoms with Gasteiger partial charge in [0.25, 0.3) is 0 Å². The minimum Gasteiger partial charge on any atom is -0.495 e. The lowest BCUT2D eigenvalue weighted by Crippen LogP contribution is -2.35. The summed E-state index contributed by atoms with van der Waals surface area (Å²) in [7, 11) is -0.663. The molecule has 1 aliphatic rings. The quantitative estimate of drug-likeness (QED) is 0.747. The molecule has 156 valence electrons. The number of methoxy groups -OCH3 is 2. The molecule has 0 aromatic heterocycles. The van der Waals surface area contributed by atoms with Crippen LogP contribution in [0.5, 0.6) is 11.5 Å². The van der Waals surface area contributed by atoms with E-state index in [1.807, 2.05) is 0 Å². The molecule has 0 aliphatic carbocycles.